The van der Waals surface area contributed by atoms with E-state index in [4.69, 9.17) is 38.3 Å². The van der Waals surface area contributed by atoms with Crippen LogP contribution in [0.3, 0.4) is 0 Å². The number of benzene rings is 4. The number of likely N-dealkylation sites (N-methyl/N-ethyl adjacent to an activating group) is 1. The van der Waals surface area contributed by atoms with E-state index < -0.39 is 56.2 Å². The molecule has 6 bridgehead atoms. The molecule has 11 rings (SSSR count). The van der Waals surface area contributed by atoms with Gasteiger partial charge in [-0.25, -0.2) is 17.2 Å². The molecule has 4 aliphatic carbocycles. The lowest BCUT2D eigenvalue weighted by Gasteiger charge is -2.46. The van der Waals surface area contributed by atoms with Gasteiger partial charge in [-0.05, 0) is 270 Å². The van der Waals surface area contributed by atoms with Crippen LogP contribution < -0.4 is 9.47 Å². The number of esters is 6. The Morgan fingerprint density at radius 2 is 1.02 bits per heavy atom. The SMILES string of the molecule is CC(F)(F)CC(F)(F)S(=O)(=O)[O-].CCC(C)(C)C(=O)OC1(CC)CC2CC1C1C3CCC(C3)C21.CCC(C)(C)C(=O)OC1C2CC3C(=O)OC1C3O2.CCC(C)(C)C(=O)OCCN(C)C.CCC(C)(C)C(=O)Oc1ccc(O)cc1.CCC(C)(C)C(=O)Oc1ccc([S+](c2ccccc2)c2ccccc2)cc1. The van der Waals surface area contributed by atoms with E-state index in [1.165, 1.54) is 52.5 Å². The summed E-state index contributed by atoms with van der Waals surface area (Å²) >= 11 is 0. The number of ether oxygens (including phenoxy) is 7. The van der Waals surface area contributed by atoms with Crippen molar-refractivity contribution in [2.45, 2.75) is 257 Å². The Hall–Kier alpha value is -6.60. The van der Waals surface area contributed by atoms with Gasteiger partial charge < -0.3 is 47.7 Å². The summed E-state index contributed by atoms with van der Waals surface area (Å²) in [6.07, 6.45) is 8.92. The average Bonchev–Trinajstić information content (AvgIpc) is 1.53. The maximum Gasteiger partial charge on any atom is 0.340 e. The van der Waals surface area contributed by atoms with E-state index in [2.05, 4.69) is 74.5 Å². The number of alkyl halides is 4. The van der Waals surface area contributed by atoms with Crippen molar-refractivity contribution < 1.29 is 97.6 Å². The molecule has 1 N–H and O–H groups in total. The van der Waals surface area contributed by atoms with Crippen molar-refractivity contribution >= 4 is 56.8 Å². The fraction of sp³-hybridized carbons (Fsp3) is 0.639. The molecular formula is C83H117F4NO17S2. The number of fused-ring (bicyclic) bond motifs is 10. The van der Waals surface area contributed by atoms with Gasteiger partial charge in [0.15, 0.2) is 37.0 Å². The highest BCUT2D eigenvalue weighted by Crippen LogP contribution is 2.71. The molecule has 7 aliphatic rings. The zero-order valence-electron chi connectivity index (χ0n) is 66.1. The first kappa shape index (κ1) is 89.3. The molecule has 0 spiro atoms. The molecule has 4 aromatic carbocycles. The molecule has 4 saturated carbocycles. The van der Waals surface area contributed by atoms with Crippen molar-refractivity contribution in [3.63, 3.8) is 0 Å². The molecule has 3 saturated heterocycles. The molecular weight excluding hydrogens is 1420 g/mol. The van der Waals surface area contributed by atoms with Gasteiger partial charge in [-0.3, -0.25) is 28.8 Å². The van der Waals surface area contributed by atoms with Crippen LogP contribution in [-0.2, 0) is 73.5 Å². The summed E-state index contributed by atoms with van der Waals surface area (Å²) in [7, 11) is -2.28. The number of phenols is 1. The van der Waals surface area contributed by atoms with Gasteiger partial charge in [-0.1, -0.05) is 77.9 Å². The third-order valence-corrected chi connectivity index (χ3v) is 26.0. The van der Waals surface area contributed by atoms with Crippen LogP contribution in [0.15, 0.2) is 124 Å². The molecule has 12 unspecified atom stereocenters. The Labute approximate surface area is 635 Å². The molecule has 24 heteroatoms. The Balaban J connectivity index is 0.000000206. The van der Waals surface area contributed by atoms with Crippen LogP contribution in [0.2, 0.25) is 0 Å². The Kier molecular flexibility index (Phi) is 30.5. The lowest BCUT2D eigenvalue weighted by Crippen LogP contribution is -2.49. The summed E-state index contributed by atoms with van der Waals surface area (Å²) in [5.74, 6) is 1.58. The van der Waals surface area contributed by atoms with E-state index in [0.717, 1.165) is 74.7 Å². The van der Waals surface area contributed by atoms with Crippen molar-refractivity contribution in [2.75, 3.05) is 27.2 Å². The maximum atomic E-state index is 12.7. The summed E-state index contributed by atoms with van der Waals surface area (Å²) in [5.41, 5.74) is -2.26. The molecule has 18 nitrogen and oxygen atoms in total. The first-order valence-electron chi connectivity index (χ1n) is 37.7. The quantitative estimate of drug-likeness (QED) is 0.0130. The highest BCUT2D eigenvalue weighted by Gasteiger charge is 2.68. The van der Waals surface area contributed by atoms with Gasteiger partial charge in [-0.2, -0.15) is 8.78 Å². The lowest BCUT2D eigenvalue weighted by molar-refractivity contribution is -0.183. The van der Waals surface area contributed by atoms with Gasteiger partial charge in [0, 0.05) is 12.5 Å². The molecule has 0 radical (unpaired) electrons. The Morgan fingerprint density at radius 3 is 1.46 bits per heavy atom. The zero-order valence-corrected chi connectivity index (χ0v) is 67.7. The summed E-state index contributed by atoms with van der Waals surface area (Å²) in [5, 5.41) is 4.14. The largest absolute Gasteiger partial charge is 0.743 e. The van der Waals surface area contributed by atoms with E-state index in [1.54, 1.807) is 12.1 Å². The number of carbonyl (C=O) groups is 6. The number of nitrogens with zero attached hydrogens (tertiary/aromatic N) is 1. The molecule has 7 fully saturated rings. The predicted octanol–water partition coefficient (Wildman–Crippen LogP) is 17.4. The van der Waals surface area contributed by atoms with Crippen molar-refractivity contribution in [3.8, 4) is 17.2 Å². The van der Waals surface area contributed by atoms with Crippen LogP contribution in [0.4, 0.5) is 17.6 Å². The smallest absolute Gasteiger partial charge is 0.340 e. The van der Waals surface area contributed by atoms with E-state index in [-0.39, 0.29) is 93.9 Å². The summed E-state index contributed by atoms with van der Waals surface area (Å²) in [6.45, 7) is 32.7. The number of carbonyl (C=O) groups excluding carboxylic acids is 6. The van der Waals surface area contributed by atoms with E-state index in [0.29, 0.717) is 36.9 Å². The van der Waals surface area contributed by atoms with Crippen LogP contribution in [0.25, 0.3) is 0 Å². The molecule has 4 aromatic rings. The average molecular weight is 1540 g/mol. The summed E-state index contributed by atoms with van der Waals surface area (Å²) in [4.78, 5) is 77.4. The molecule has 3 heterocycles. The van der Waals surface area contributed by atoms with Gasteiger partial charge in [0.25, 0.3) is 5.92 Å². The molecule has 107 heavy (non-hydrogen) atoms. The van der Waals surface area contributed by atoms with Gasteiger partial charge in [0.2, 0.25) is 0 Å². The second kappa shape index (κ2) is 36.5. The highest BCUT2D eigenvalue weighted by atomic mass is 32.2. The van der Waals surface area contributed by atoms with Crippen LogP contribution in [0, 0.1) is 68.5 Å². The van der Waals surface area contributed by atoms with E-state index >= 15 is 0 Å². The normalized spacial score (nSPS) is 24.5. The van der Waals surface area contributed by atoms with Gasteiger partial charge >= 0.3 is 41.1 Å². The molecule has 596 valence electrons. The van der Waals surface area contributed by atoms with E-state index in [1.807, 2.05) is 140 Å². The Bertz CT molecular complexity index is 3680. The fourth-order valence-electron chi connectivity index (χ4n) is 14.1. The molecule has 0 aromatic heterocycles. The minimum atomic E-state index is -6.00. The third kappa shape index (κ3) is 22.8. The van der Waals surface area contributed by atoms with Crippen LogP contribution >= 0.6 is 0 Å². The predicted molar refractivity (Wildman–Crippen MR) is 400 cm³/mol. The van der Waals surface area contributed by atoms with Gasteiger partial charge in [0.1, 0.15) is 35.6 Å². The van der Waals surface area contributed by atoms with Gasteiger partial charge in [-0.15, -0.1) is 0 Å². The van der Waals surface area contributed by atoms with Crippen LogP contribution in [-0.4, -0.2) is 127 Å². The van der Waals surface area contributed by atoms with Crippen molar-refractivity contribution in [1.82, 2.24) is 4.90 Å². The zero-order chi connectivity index (χ0) is 80.2. The minimum absolute atomic E-state index is 0.0455. The number of hydrogen-bond acceptors (Lipinski definition) is 18. The number of hydrogen-bond donors (Lipinski definition) is 1. The standard InChI is InChI=1S/C24H25O2S.C20H32O2.C13H18O5.C12H16O3.C10H21NO2.C4H6F4O3S/c1-4-24(2,3)23(25)26-19-15-17-22(18-16-19)27(20-11-7-5-8-12-20)21-13-9-6-10-14-21;1-5-19(3,4)18(21)22-20(6-2)11-14-10-15(20)17-13-8-7-12(9-13)16(14)17;1-4-13(2,3)12(15)18-9-7-5-6-8(16-7)10(9)17-11(6)14;1-4-12(2,3)11(14)15-10-7-5-9(13)6-8-10;1-6-10(2,3)9(12)13-8-7-11(4)5;1-3(5,6)2-4(7,8)12(9,10)11/h5-18H,4H2,1-3H3;12-17H,5-11H2,1-4H3;6-10H,4-5H2,1-3H3;5-8,13H,4H2,1-3H3;6-8H2,1-5H3;2H2,1H3,(H,9,10,11)/q+1;;;;;/p-1. The minimum Gasteiger partial charge on any atom is -0.743 e. The van der Waals surface area contributed by atoms with Crippen molar-refractivity contribution in [2.24, 2.45) is 68.5 Å². The summed E-state index contributed by atoms with van der Waals surface area (Å²) in [6, 6.07) is 35.0. The van der Waals surface area contributed by atoms with Crippen LogP contribution in [0.1, 0.15) is 201 Å². The van der Waals surface area contributed by atoms with Gasteiger partial charge in [0.05, 0.1) is 56.4 Å². The Morgan fingerprint density at radius 1 is 0.579 bits per heavy atom. The molecule has 0 amide bonds. The molecule has 3 aliphatic heterocycles. The van der Waals surface area contributed by atoms with E-state index in [9.17, 15) is 59.3 Å². The first-order chi connectivity index (χ1) is 49.7. The number of rotatable bonds is 24. The van der Waals surface area contributed by atoms with Crippen molar-refractivity contribution in [1.29, 1.82) is 0 Å². The van der Waals surface area contributed by atoms with Crippen molar-refractivity contribution in [3.05, 3.63) is 109 Å². The lowest BCUT2D eigenvalue weighted by atomic mass is 9.65. The summed E-state index contributed by atoms with van der Waals surface area (Å²) < 4.78 is 116. The third-order valence-electron chi connectivity index (χ3n) is 22.9. The topological polar surface area (TPSA) is 248 Å². The number of aromatic hydroxyl groups is 1. The monoisotopic (exact) mass is 1540 g/mol. The maximum absolute atomic E-state index is 12.7. The first-order valence-corrected chi connectivity index (χ1v) is 40.3. The number of halogens is 4. The highest BCUT2D eigenvalue weighted by molar-refractivity contribution is 7.97. The number of phenolic OH excluding ortho intramolecular Hbond substituents is 1. The second-order valence-corrected chi connectivity index (χ2v) is 36.5. The molecule has 12 atom stereocenters. The second-order valence-electron chi connectivity index (χ2n) is 33.0. The fourth-order valence-corrected chi connectivity index (χ4v) is 16.7. The van der Waals surface area contributed by atoms with Crippen LogP contribution in [0.5, 0.6) is 17.2 Å².